The Hall–Kier alpha value is -2.68. The van der Waals surface area contributed by atoms with Crippen LogP contribution in [0, 0.1) is 11.3 Å². The number of amides is 1. The minimum Gasteiger partial charge on any atom is -0.493 e. The molecule has 0 saturated carbocycles. The molecule has 0 heterocycles. The van der Waals surface area contributed by atoms with Gasteiger partial charge in [-0.15, -0.1) is 0 Å². The number of methoxy groups -OCH3 is 2. The molecule has 0 saturated heterocycles. The van der Waals surface area contributed by atoms with Gasteiger partial charge in [-0.3, -0.25) is 4.79 Å². The Morgan fingerprint density at radius 1 is 1.36 bits per heavy atom. The van der Waals surface area contributed by atoms with Gasteiger partial charge in [0.15, 0.2) is 11.5 Å². The molecule has 0 spiro atoms. The van der Waals surface area contributed by atoms with Crippen LogP contribution in [-0.2, 0) is 4.79 Å². The van der Waals surface area contributed by atoms with Gasteiger partial charge in [-0.2, -0.15) is 5.26 Å². The third-order valence-corrected chi connectivity index (χ3v) is 3.07. The van der Waals surface area contributed by atoms with E-state index in [0.29, 0.717) is 18.0 Å². The zero-order chi connectivity index (χ0) is 16.5. The quantitative estimate of drug-likeness (QED) is 0.594. The van der Waals surface area contributed by atoms with Crippen LogP contribution in [0.25, 0.3) is 0 Å². The summed E-state index contributed by atoms with van der Waals surface area (Å²) in [7, 11) is 3.12. The molecule has 1 atom stereocenters. The maximum atomic E-state index is 12.0. The molecule has 1 unspecified atom stereocenters. The molecule has 2 N–H and O–H groups in total. The summed E-state index contributed by atoms with van der Waals surface area (Å²) in [5, 5.41) is 14.6. The summed E-state index contributed by atoms with van der Waals surface area (Å²) < 4.78 is 10.4. The van der Waals surface area contributed by atoms with Crippen molar-refractivity contribution in [3.05, 3.63) is 35.5 Å². The molecule has 0 radical (unpaired) electrons. The molecule has 1 amide bonds. The van der Waals surface area contributed by atoms with Gasteiger partial charge in [0, 0.05) is 12.7 Å². The van der Waals surface area contributed by atoms with E-state index in [4.69, 9.17) is 14.7 Å². The summed E-state index contributed by atoms with van der Waals surface area (Å²) >= 11 is 0. The number of ether oxygens (including phenoxy) is 2. The summed E-state index contributed by atoms with van der Waals surface area (Å²) in [6.07, 6.45) is 1.41. The number of carbonyl (C=O) groups excluding carboxylic acids is 1. The maximum absolute atomic E-state index is 12.0. The van der Waals surface area contributed by atoms with Crippen LogP contribution in [0.1, 0.15) is 25.5 Å². The Kier molecular flexibility index (Phi) is 6.77. The lowest BCUT2D eigenvalue weighted by atomic mass is 10.1. The first-order valence-corrected chi connectivity index (χ1v) is 6.93. The number of nitrogens with one attached hydrogen (secondary N) is 2. The Morgan fingerprint density at radius 2 is 2.05 bits per heavy atom. The van der Waals surface area contributed by atoms with Crippen molar-refractivity contribution < 1.29 is 14.3 Å². The fraction of sp³-hybridized carbons (Fsp3) is 0.375. The lowest BCUT2D eigenvalue weighted by Gasteiger charge is -2.16. The van der Waals surface area contributed by atoms with E-state index in [2.05, 4.69) is 10.6 Å². The number of rotatable bonds is 7. The van der Waals surface area contributed by atoms with Crippen molar-refractivity contribution >= 4 is 5.91 Å². The van der Waals surface area contributed by atoms with Crippen molar-refractivity contribution in [1.29, 1.82) is 5.26 Å². The van der Waals surface area contributed by atoms with Crippen molar-refractivity contribution in [2.75, 3.05) is 20.8 Å². The molecular formula is C16H21N3O3. The largest absolute Gasteiger partial charge is 0.493 e. The summed E-state index contributed by atoms with van der Waals surface area (Å²) in [5.74, 6) is 0.782. The van der Waals surface area contributed by atoms with E-state index in [0.717, 1.165) is 5.56 Å². The summed E-state index contributed by atoms with van der Waals surface area (Å²) in [6.45, 7) is 4.36. The van der Waals surface area contributed by atoms with Crippen LogP contribution in [0.5, 0.6) is 11.5 Å². The van der Waals surface area contributed by atoms with Gasteiger partial charge in [-0.05, 0) is 31.5 Å². The monoisotopic (exact) mass is 303 g/mol. The normalized spacial score (nSPS) is 12.0. The summed E-state index contributed by atoms with van der Waals surface area (Å²) in [6, 6.07) is 7.01. The molecule has 1 rings (SSSR count). The fourth-order valence-electron chi connectivity index (χ4n) is 1.83. The van der Waals surface area contributed by atoms with Crippen LogP contribution < -0.4 is 20.1 Å². The number of benzene rings is 1. The molecular weight excluding hydrogens is 282 g/mol. The highest BCUT2D eigenvalue weighted by Gasteiger charge is 2.15. The van der Waals surface area contributed by atoms with E-state index < -0.39 is 5.91 Å². The summed E-state index contributed by atoms with van der Waals surface area (Å²) in [5.41, 5.74) is 0.890. The van der Waals surface area contributed by atoms with E-state index in [1.165, 1.54) is 6.20 Å². The van der Waals surface area contributed by atoms with Crippen molar-refractivity contribution in [1.82, 2.24) is 10.6 Å². The molecule has 0 bridgehead atoms. The van der Waals surface area contributed by atoms with E-state index >= 15 is 0 Å². The minimum absolute atomic E-state index is 0.0363. The topological polar surface area (TPSA) is 83.4 Å². The number of nitrogens with zero attached hydrogens (tertiary/aromatic N) is 1. The lowest BCUT2D eigenvalue weighted by molar-refractivity contribution is -0.117. The molecule has 0 aliphatic rings. The molecule has 0 aromatic heterocycles. The highest BCUT2D eigenvalue weighted by molar-refractivity contribution is 5.97. The second-order valence-electron chi connectivity index (χ2n) is 4.54. The Labute approximate surface area is 130 Å². The molecule has 1 aromatic rings. The zero-order valence-electron chi connectivity index (χ0n) is 13.3. The number of carbonyl (C=O) groups is 1. The number of hydrogen-bond acceptors (Lipinski definition) is 5. The summed E-state index contributed by atoms with van der Waals surface area (Å²) in [4.78, 5) is 12.0. The van der Waals surface area contributed by atoms with Gasteiger partial charge < -0.3 is 20.1 Å². The van der Waals surface area contributed by atoms with Gasteiger partial charge in [-0.1, -0.05) is 6.07 Å². The predicted molar refractivity (Wildman–Crippen MR) is 83.5 cm³/mol. The first kappa shape index (κ1) is 17.4. The average molecular weight is 303 g/mol. The second kappa shape index (κ2) is 8.57. The lowest BCUT2D eigenvalue weighted by Crippen LogP contribution is -2.28. The third-order valence-electron chi connectivity index (χ3n) is 3.07. The third kappa shape index (κ3) is 4.42. The van der Waals surface area contributed by atoms with Crippen LogP contribution in [0.2, 0.25) is 0 Å². The minimum atomic E-state index is -0.425. The van der Waals surface area contributed by atoms with Gasteiger partial charge in [0.2, 0.25) is 0 Å². The van der Waals surface area contributed by atoms with Crippen LogP contribution in [0.4, 0.5) is 0 Å². The first-order chi connectivity index (χ1) is 10.6. The second-order valence-corrected chi connectivity index (χ2v) is 4.54. The van der Waals surface area contributed by atoms with Gasteiger partial charge in [0.05, 0.1) is 20.3 Å². The number of hydrogen-bond donors (Lipinski definition) is 2. The molecule has 0 aliphatic heterocycles. The van der Waals surface area contributed by atoms with E-state index in [1.54, 1.807) is 26.4 Å². The molecule has 0 aliphatic carbocycles. The molecule has 6 heteroatoms. The highest BCUT2D eigenvalue weighted by Crippen LogP contribution is 2.29. The van der Waals surface area contributed by atoms with E-state index in [1.807, 2.05) is 26.0 Å². The first-order valence-electron chi connectivity index (χ1n) is 6.93. The van der Waals surface area contributed by atoms with Crippen molar-refractivity contribution in [3.8, 4) is 17.6 Å². The fourth-order valence-corrected chi connectivity index (χ4v) is 1.83. The van der Waals surface area contributed by atoms with Crippen molar-refractivity contribution in [2.24, 2.45) is 0 Å². The molecule has 22 heavy (non-hydrogen) atoms. The van der Waals surface area contributed by atoms with Gasteiger partial charge in [-0.25, -0.2) is 0 Å². The molecule has 1 aromatic carbocycles. The van der Waals surface area contributed by atoms with Crippen LogP contribution in [0.15, 0.2) is 30.0 Å². The Balaban J connectivity index is 2.87. The smallest absolute Gasteiger partial charge is 0.263 e. The van der Waals surface area contributed by atoms with Gasteiger partial charge >= 0.3 is 0 Å². The van der Waals surface area contributed by atoms with Gasteiger partial charge in [0.25, 0.3) is 5.91 Å². The zero-order valence-corrected chi connectivity index (χ0v) is 13.3. The van der Waals surface area contributed by atoms with Crippen LogP contribution in [-0.4, -0.2) is 26.7 Å². The van der Waals surface area contributed by atoms with Gasteiger partial charge in [0.1, 0.15) is 11.6 Å². The van der Waals surface area contributed by atoms with Crippen LogP contribution >= 0.6 is 0 Å². The molecule has 118 valence electrons. The Morgan fingerprint density at radius 3 is 2.59 bits per heavy atom. The van der Waals surface area contributed by atoms with Crippen LogP contribution in [0.3, 0.4) is 0 Å². The standard InChI is InChI=1S/C16H21N3O3/c1-5-18-10-13(9-17)16(20)19-11(2)12-6-7-14(21-3)15(8-12)22-4/h6-8,10-11,18H,5H2,1-4H3,(H,19,20)/b13-10-. The average Bonchev–Trinajstić information content (AvgIpc) is 2.54. The Bertz CT molecular complexity index is 591. The van der Waals surface area contributed by atoms with Crippen molar-refractivity contribution in [2.45, 2.75) is 19.9 Å². The van der Waals surface area contributed by atoms with Crippen molar-refractivity contribution in [3.63, 3.8) is 0 Å². The highest BCUT2D eigenvalue weighted by atomic mass is 16.5. The predicted octanol–water partition coefficient (Wildman–Crippen LogP) is 1.90. The van der Waals surface area contributed by atoms with E-state index in [9.17, 15) is 4.79 Å². The number of nitriles is 1. The molecule has 6 nitrogen and oxygen atoms in total. The molecule has 0 fully saturated rings. The van der Waals surface area contributed by atoms with E-state index in [-0.39, 0.29) is 11.6 Å². The SMILES string of the molecule is CCN/C=C(/C#N)C(=O)NC(C)c1ccc(OC)c(OC)c1. The maximum Gasteiger partial charge on any atom is 0.263 e.